The molecule has 0 radical (unpaired) electrons. The van der Waals surface area contributed by atoms with Gasteiger partial charge in [0.1, 0.15) is 5.82 Å². The third-order valence-corrected chi connectivity index (χ3v) is 6.08. The number of hydrogen-bond donors (Lipinski definition) is 2. The number of fused-ring (bicyclic) bond motifs is 1. The molecule has 1 aromatic heterocycles. The molecule has 34 heavy (non-hydrogen) atoms. The zero-order chi connectivity index (χ0) is 24.6. The predicted molar refractivity (Wildman–Crippen MR) is 118 cm³/mol. The first kappa shape index (κ1) is 23.5. The first-order valence-corrected chi connectivity index (χ1v) is 10.7. The van der Waals surface area contributed by atoms with E-state index in [4.69, 9.17) is 0 Å². The van der Waals surface area contributed by atoms with Gasteiger partial charge < -0.3 is 10.2 Å². The van der Waals surface area contributed by atoms with Crippen molar-refractivity contribution in [2.45, 2.75) is 38.8 Å². The number of alkyl halides is 3. The minimum atomic E-state index is -4.48. The van der Waals surface area contributed by atoms with Gasteiger partial charge in [-0.2, -0.15) is 18.3 Å². The number of halogens is 4. The summed E-state index contributed by atoms with van der Waals surface area (Å²) in [6.45, 7) is 3.90. The van der Waals surface area contributed by atoms with Crippen LogP contribution in [0.2, 0.25) is 0 Å². The van der Waals surface area contributed by atoms with Crippen LogP contribution < -0.4 is 5.32 Å². The summed E-state index contributed by atoms with van der Waals surface area (Å²) >= 11 is 0. The number of nitrogens with zero attached hydrogens (tertiary/aromatic N) is 2. The number of aromatic amines is 1. The van der Waals surface area contributed by atoms with Gasteiger partial charge in [-0.1, -0.05) is 12.1 Å². The summed E-state index contributed by atoms with van der Waals surface area (Å²) < 4.78 is 53.4. The van der Waals surface area contributed by atoms with Crippen LogP contribution in [0.25, 0.3) is 10.9 Å². The van der Waals surface area contributed by atoms with Crippen LogP contribution in [-0.2, 0) is 15.8 Å². The van der Waals surface area contributed by atoms with E-state index in [0.717, 1.165) is 12.1 Å². The van der Waals surface area contributed by atoms with Crippen LogP contribution in [0, 0.1) is 5.82 Å². The van der Waals surface area contributed by atoms with Crippen LogP contribution in [0.4, 0.5) is 23.2 Å². The van der Waals surface area contributed by atoms with Crippen molar-refractivity contribution < 1.29 is 27.2 Å². The Morgan fingerprint density at radius 3 is 2.59 bits per heavy atom. The van der Waals surface area contributed by atoms with Crippen molar-refractivity contribution in [1.82, 2.24) is 15.1 Å². The highest BCUT2D eigenvalue weighted by Gasteiger charge is 2.34. The van der Waals surface area contributed by atoms with Crippen LogP contribution in [-0.4, -0.2) is 33.5 Å². The van der Waals surface area contributed by atoms with E-state index in [1.165, 1.54) is 30.5 Å². The van der Waals surface area contributed by atoms with Crippen LogP contribution >= 0.6 is 0 Å². The molecule has 1 aliphatic rings. The predicted octanol–water partition coefficient (Wildman–Crippen LogP) is 5.36. The molecule has 10 heteroatoms. The number of allylic oxidation sites excluding steroid dienone is 1. The van der Waals surface area contributed by atoms with E-state index in [9.17, 15) is 27.2 Å². The number of amides is 2. The smallest absolute Gasteiger partial charge is 0.323 e. The number of anilines is 1. The van der Waals surface area contributed by atoms with Crippen molar-refractivity contribution >= 4 is 28.4 Å². The van der Waals surface area contributed by atoms with Crippen LogP contribution in [0.1, 0.15) is 43.7 Å². The van der Waals surface area contributed by atoms with E-state index in [-0.39, 0.29) is 24.4 Å². The lowest BCUT2D eigenvalue weighted by Crippen LogP contribution is -2.37. The van der Waals surface area contributed by atoms with Crippen molar-refractivity contribution in [2.24, 2.45) is 0 Å². The molecule has 0 bridgehead atoms. The van der Waals surface area contributed by atoms with Gasteiger partial charge in [0, 0.05) is 36.0 Å². The van der Waals surface area contributed by atoms with Gasteiger partial charge in [-0.05, 0) is 43.2 Å². The summed E-state index contributed by atoms with van der Waals surface area (Å²) in [7, 11) is 0. The van der Waals surface area contributed by atoms with Gasteiger partial charge in [-0.3, -0.25) is 14.7 Å². The highest BCUT2D eigenvalue weighted by molar-refractivity contribution is 5.95. The average Bonchev–Trinajstić information content (AvgIpc) is 3.22. The Balaban J connectivity index is 1.63. The third kappa shape index (κ3) is 4.52. The summed E-state index contributed by atoms with van der Waals surface area (Å²) in [5.74, 6) is -1.88. The standard InChI is InChI=1S/C24H22F4N4O2/c1-3-32-13(2)17(9-22(33)30-21-8-15-12-29-31-20(15)11-19(21)25)18(10-23(32)34)14-4-6-16(7-5-14)24(26,27)28/h4-8,11-12,18H,3,9-10H2,1-2H3,(H,29,31)(H,30,33). The highest BCUT2D eigenvalue weighted by atomic mass is 19.4. The lowest BCUT2D eigenvalue weighted by atomic mass is 9.82. The normalized spacial score (nSPS) is 16.9. The molecule has 2 N–H and O–H groups in total. The second kappa shape index (κ2) is 8.92. The monoisotopic (exact) mass is 474 g/mol. The van der Waals surface area contributed by atoms with E-state index in [1.54, 1.807) is 18.7 Å². The van der Waals surface area contributed by atoms with Crippen molar-refractivity contribution in [2.75, 3.05) is 11.9 Å². The van der Waals surface area contributed by atoms with Gasteiger partial charge in [0.2, 0.25) is 11.8 Å². The van der Waals surface area contributed by atoms with Crippen molar-refractivity contribution in [3.8, 4) is 0 Å². The fourth-order valence-corrected chi connectivity index (χ4v) is 4.34. The maximum Gasteiger partial charge on any atom is 0.416 e. The molecule has 2 aromatic carbocycles. The van der Waals surface area contributed by atoms with E-state index in [1.807, 2.05) is 0 Å². The van der Waals surface area contributed by atoms with Gasteiger partial charge in [-0.15, -0.1) is 0 Å². The summed E-state index contributed by atoms with van der Waals surface area (Å²) in [5.41, 5.74) is 1.36. The van der Waals surface area contributed by atoms with Crippen molar-refractivity contribution in [3.05, 3.63) is 70.8 Å². The SMILES string of the molecule is CCN1C(=O)CC(c2ccc(C(F)(F)F)cc2)C(CC(=O)Nc2cc3cn[nH]c3cc2F)=C1C. The Bertz CT molecular complexity index is 1280. The maximum atomic E-state index is 14.4. The largest absolute Gasteiger partial charge is 0.416 e. The Labute approximate surface area is 192 Å². The first-order valence-electron chi connectivity index (χ1n) is 10.7. The van der Waals surface area contributed by atoms with Gasteiger partial charge in [0.15, 0.2) is 0 Å². The molecule has 2 heterocycles. The summed E-state index contributed by atoms with van der Waals surface area (Å²) in [6, 6.07) is 7.29. The lowest BCUT2D eigenvalue weighted by molar-refractivity contribution is -0.137. The van der Waals surface area contributed by atoms with Crippen molar-refractivity contribution in [1.29, 1.82) is 0 Å². The Morgan fingerprint density at radius 1 is 1.24 bits per heavy atom. The molecule has 3 aromatic rings. The summed E-state index contributed by atoms with van der Waals surface area (Å²) in [5, 5.41) is 9.67. The van der Waals surface area contributed by atoms with Crippen LogP contribution in [0.5, 0.6) is 0 Å². The molecule has 4 rings (SSSR count). The molecule has 0 saturated carbocycles. The van der Waals surface area contributed by atoms with Gasteiger partial charge in [0.05, 0.1) is 29.4 Å². The second-order valence-corrected chi connectivity index (χ2v) is 8.14. The molecule has 1 aliphatic heterocycles. The molecule has 0 fully saturated rings. The summed E-state index contributed by atoms with van der Waals surface area (Å²) in [6.07, 6.45) is -3.10. The number of rotatable bonds is 5. The molecular formula is C24H22F4N4O2. The molecule has 1 unspecified atom stereocenters. The average molecular weight is 474 g/mol. The number of carbonyl (C=O) groups is 2. The van der Waals surface area contributed by atoms with E-state index >= 15 is 0 Å². The number of carbonyl (C=O) groups excluding carboxylic acids is 2. The third-order valence-electron chi connectivity index (χ3n) is 6.08. The zero-order valence-electron chi connectivity index (χ0n) is 18.5. The molecule has 0 spiro atoms. The Hall–Kier alpha value is -3.69. The van der Waals surface area contributed by atoms with E-state index in [2.05, 4.69) is 15.5 Å². The lowest BCUT2D eigenvalue weighted by Gasteiger charge is -2.35. The Kier molecular flexibility index (Phi) is 6.16. The molecular weight excluding hydrogens is 452 g/mol. The number of benzene rings is 2. The molecule has 0 saturated heterocycles. The molecule has 0 aliphatic carbocycles. The van der Waals surface area contributed by atoms with E-state index in [0.29, 0.717) is 34.3 Å². The Morgan fingerprint density at radius 2 is 1.94 bits per heavy atom. The number of nitrogens with one attached hydrogen (secondary N) is 2. The minimum Gasteiger partial charge on any atom is -0.323 e. The van der Waals surface area contributed by atoms with Crippen molar-refractivity contribution in [3.63, 3.8) is 0 Å². The molecule has 6 nitrogen and oxygen atoms in total. The summed E-state index contributed by atoms with van der Waals surface area (Å²) in [4.78, 5) is 27.1. The number of H-pyrrole nitrogens is 1. The fourth-order valence-electron chi connectivity index (χ4n) is 4.34. The molecule has 1 atom stereocenters. The quantitative estimate of drug-likeness (QED) is 0.489. The van der Waals surface area contributed by atoms with E-state index < -0.39 is 29.4 Å². The minimum absolute atomic E-state index is 0.0116. The van der Waals surface area contributed by atoms with Gasteiger partial charge in [0.25, 0.3) is 0 Å². The maximum absolute atomic E-state index is 14.4. The molecule has 2 amide bonds. The van der Waals surface area contributed by atoms with Crippen LogP contribution in [0.3, 0.4) is 0 Å². The van der Waals surface area contributed by atoms with Gasteiger partial charge in [-0.25, -0.2) is 4.39 Å². The first-order chi connectivity index (χ1) is 16.1. The number of aromatic nitrogens is 2. The zero-order valence-corrected chi connectivity index (χ0v) is 18.5. The number of hydrogen-bond acceptors (Lipinski definition) is 3. The van der Waals surface area contributed by atoms with Gasteiger partial charge >= 0.3 is 6.18 Å². The molecule has 178 valence electrons. The fraction of sp³-hybridized carbons (Fsp3) is 0.292. The van der Waals surface area contributed by atoms with Crippen LogP contribution in [0.15, 0.2) is 53.9 Å². The highest BCUT2D eigenvalue weighted by Crippen LogP contribution is 2.39. The second-order valence-electron chi connectivity index (χ2n) is 8.14. The topological polar surface area (TPSA) is 78.1 Å².